The van der Waals surface area contributed by atoms with Gasteiger partial charge in [-0.2, -0.15) is 10.2 Å². The van der Waals surface area contributed by atoms with Gasteiger partial charge in [-0.05, 0) is 43.4 Å². The molecule has 2 fully saturated rings. The van der Waals surface area contributed by atoms with Gasteiger partial charge in [0, 0.05) is 17.6 Å². The first-order valence-corrected chi connectivity index (χ1v) is 9.81. The second kappa shape index (κ2) is 6.91. The summed E-state index contributed by atoms with van der Waals surface area (Å²) in [7, 11) is 0. The summed E-state index contributed by atoms with van der Waals surface area (Å²) in [4.78, 5) is 35.8. The van der Waals surface area contributed by atoms with E-state index in [1.807, 2.05) is 0 Å². The number of hydrogen-bond acceptors (Lipinski definition) is 6. The van der Waals surface area contributed by atoms with Crippen molar-refractivity contribution in [1.29, 1.82) is 5.26 Å². The van der Waals surface area contributed by atoms with Crippen LogP contribution in [0, 0.1) is 22.7 Å². The fourth-order valence-electron chi connectivity index (χ4n) is 3.44. The van der Waals surface area contributed by atoms with Crippen LogP contribution in [0.15, 0.2) is 24.4 Å². The molecule has 0 aromatic carbocycles. The molecule has 27 heavy (non-hydrogen) atoms. The molecule has 3 heterocycles. The van der Waals surface area contributed by atoms with E-state index in [1.54, 1.807) is 18.2 Å². The van der Waals surface area contributed by atoms with Gasteiger partial charge in [-0.3, -0.25) is 19.8 Å². The van der Waals surface area contributed by atoms with Gasteiger partial charge in [-0.15, -0.1) is 11.3 Å². The van der Waals surface area contributed by atoms with Gasteiger partial charge in [0.25, 0.3) is 0 Å². The molecule has 9 heteroatoms. The standard InChI is InChI=1S/C18H16ClN5O2S/c19-13-4-3-12(27-13)9-15(25)23-17-21-7-5-14(22-17)24-8-6-18(10-20,16(24)26)11-1-2-11/h3-5,7,11H,1-2,6,8-9H2,(H,21,22,23,25)/t18-/m1/s1. The average Bonchev–Trinajstić information content (AvgIpc) is 3.34. The minimum Gasteiger partial charge on any atom is -0.295 e. The zero-order chi connectivity index (χ0) is 19.0. The number of carbonyl (C=O) groups is 2. The van der Waals surface area contributed by atoms with Crippen molar-refractivity contribution >= 4 is 46.5 Å². The molecule has 2 amide bonds. The largest absolute Gasteiger partial charge is 0.295 e. The minimum atomic E-state index is -0.924. The molecule has 1 atom stereocenters. The molecular weight excluding hydrogens is 386 g/mol. The van der Waals surface area contributed by atoms with Crippen LogP contribution in [0.1, 0.15) is 24.1 Å². The number of carbonyl (C=O) groups excluding carboxylic acids is 2. The van der Waals surface area contributed by atoms with Crippen molar-refractivity contribution in [2.75, 3.05) is 16.8 Å². The Morgan fingerprint density at radius 1 is 1.44 bits per heavy atom. The van der Waals surface area contributed by atoms with Crippen LogP contribution in [0.4, 0.5) is 11.8 Å². The van der Waals surface area contributed by atoms with Crippen molar-refractivity contribution in [2.45, 2.75) is 25.7 Å². The van der Waals surface area contributed by atoms with Gasteiger partial charge in [-0.1, -0.05) is 11.6 Å². The van der Waals surface area contributed by atoms with Crippen molar-refractivity contribution < 1.29 is 9.59 Å². The Labute approximate surface area is 165 Å². The summed E-state index contributed by atoms with van der Waals surface area (Å²) in [5.41, 5.74) is -0.924. The van der Waals surface area contributed by atoms with E-state index in [9.17, 15) is 14.9 Å². The highest BCUT2D eigenvalue weighted by molar-refractivity contribution is 7.16. The van der Waals surface area contributed by atoms with Crippen LogP contribution in [-0.2, 0) is 16.0 Å². The fraction of sp³-hybridized carbons (Fsp3) is 0.389. The zero-order valence-corrected chi connectivity index (χ0v) is 15.9. The highest BCUT2D eigenvalue weighted by Gasteiger charge is 2.57. The predicted octanol–water partition coefficient (Wildman–Crippen LogP) is 3.03. The lowest BCUT2D eigenvalue weighted by atomic mass is 9.83. The number of halogens is 1. The lowest BCUT2D eigenvalue weighted by Gasteiger charge is -2.20. The van der Waals surface area contributed by atoms with E-state index < -0.39 is 5.41 Å². The maximum Gasteiger partial charge on any atom is 0.248 e. The van der Waals surface area contributed by atoms with Crippen LogP contribution in [0.25, 0.3) is 0 Å². The van der Waals surface area contributed by atoms with Gasteiger partial charge < -0.3 is 0 Å². The van der Waals surface area contributed by atoms with Gasteiger partial charge in [0.2, 0.25) is 17.8 Å². The van der Waals surface area contributed by atoms with E-state index in [0.717, 1.165) is 17.7 Å². The van der Waals surface area contributed by atoms with Gasteiger partial charge in [0.05, 0.1) is 16.8 Å². The van der Waals surface area contributed by atoms with Gasteiger partial charge in [-0.25, -0.2) is 4.98 Å². The molecule has 4 rings (SSSR count). The molecule has 0 spiro atoms. The van der Waals surface area contributed by atoms with E-state index in [2.05, 4.69) is 21.4 Å². The van der Waals surface area contributed by atoms with E-state index in [0.29, 0.717) is 23.1 Å². The van der Waals surface area contributed by atoms with E-state index in [4.69, 9.17) is 11.6 Å². The predicted molar refractivity (Wildman–Crippen MR) is 101 cm³/mol. The Balaban J connectivity index is 1.47. The summed E-state index contributed by atoms with van der Waals surface area (Å²) in [6.07, 6.45) is 4.03. The third-order valence-corrected chi connectivity index (χ3v) is 6.19. The first-order valence-electron chi connectivity index (χ1n) is 8.62. The maximum absolute atomic E-state index is 12.9. The highest BCUT2D eigenvalue weighted by Crippen LogP contribution is 2.51. The molecule has 1 aliphatic carbocycles. The number of amides is 2. The lowest BCUT2D eigenvalue weighted by molar-refractivity contribution is -0.123. The molecular formula is C18H16ClN5O2S. The second-order valence-electron chi connectivity index (χ2n) is 6.73. The number of aromatic nitrogens is 2. The summed E-state index contributed by atoms with van der Waals surface area (Å²) in [5, 5.41) is 12.2. The normalized spacial score (nSPS) is 21.9. The average molecular weight is 402 g/mol. The van der Waals surface area contributed by atoms with Gasteiger partial charge >= 0.3 is 0 Å². The highest BCUT2D eigenvalue weighted by atomic mass is 35.5. The van der Waals surface area contributed by atoms with Crippen LogP contribution in [0.3, 0.4) is 0 Å². The zero-order valence-electron chi connectivity index (χ0n) is 14.3. The Bertz CT molecular complexity index is 951. The minimum absolute atomic E-state index is 0.133. The molecule has 1 saturated carbocycles. The third kappa shape index (κ3) is 3.40. The number of nitrogens with zero attached hydrogens (tertiary/aromatic N) is 4. The number of anilines is 2. The van der Waals surface area contributed by atoms with Crippen LogP contribution in [0.2, 0.25) is 4.34 Å². The molecule has 7 nitrogen and oxygen atoms in total. The molecule has 0 unspecified atom stereocenters. The number of rotatable bonds is 5. The topological polar surface area (TPSA) is 99.0 Å². The number of nitriles is 1. The molecule has 1 aliphatic heterocycles. The summed E-state index contributed by atoms with van der Waals surface area (Å²) < 4.78 is 0.625. The molecule has 1 N–H and O–H groups in total. The van der Waals surface area contributed by atoms with E-state index in [1.165, 1.54) is 22.4 Å². The summed E-state index contributed by atoms with van der Waals surface area (Å²) in [6, 6.07) is 7.41. The summed E-state index contributed by atoms with van der Waals surface area (Å²) in [6.45, 7) is 0.445. The van der Waals surface area contributed by atoms with Crippen LogP contribution in [0.5, 0.6) is 0 Å². The van der Waals surface area contributed by atoms with Crippen LogP contribution in [-0.4, -0.2) is 28.3 Å². The van der Waals surface area contributed by atoms with Crippen LogP contribution >= 0.6 is 22.9 Å². The Kier molecular flexibility index (Phi) is 4.58. The molecule has 0 bridgehead atoms. The third-order valence-electron chi connectivity index (χ3n) is 4.96. The molecule has 2 aromatic rings. The lowest BCUT2D eigenvalue weighted by Crippen LogP contribution is -2.35. The SMILES string of the molecule is N#C[C@@]1(C2CC2)CCN(c2ccnc(NC(=O)Cc3ccc(Cl)s3)n2)C1=O. The number of nitrogens with one attached hydrogen (secondary N) is 1. The fourth-order valence-corrected chi connectivity index (χ4v) is 4.53. The number of thiophene rings is 1. The quantitative estimate of drug-likeness (QED) is 0.830. The van der Waals surface area contributed by atoms with E-state index >= 15 is 0 Å². The molecule has 1 saturated heterocycles. The number of hydrogen-bond donors (Lipinski definition) is 1. The van der Waals surface area contributed by atoms with Crippen molar-refractivity contribution in [3.8, 4) is 6.07 Å². The van der Waals surface area contributed by atoms with Crippen molar-refractivity contribution in [3.05, 3.63) is 33.6 Å². The van der Waals surface area contributed by atoms with Gasteiger partial charge in [0.1, 0.15) is 11.2 Å². The van der Waals surface area contributed by atoms with Gasteiger partial charge in [0.15, 0.2) is 0 Å². The summed E-state index contributed by atoms with van der Waals surface area (Å²) >= 11 is 7.22. The molecule has 0 radical (unpaired) electrons. The monoisotopic (exact) mass is 401 g/mol. The molecule has 138 valence electrons. The van der Waals surface area contributed by atoms with Crippen molar-refractivity contribution in [3.63, 3.8) is 0 Å². The first kappa shape index (κ1) is 17.9. The Morgan fingerprint density at radius 2 is 2.26 bits per heavy atom. The van der Waals surface area contributed by atoms with Crippen LogP contribution < -0.4 is 10.2 Å². The first-order chi connectivity index (χ1) is 13.0. The second-order valence-corrected chi connectivity index (χ2v) is 8.53. The Hall–Kier alpha value is -2.50. The molecule has 2 aromatic heterocycles. The van der Waals surface area contributed by atoms with E-state index in [-0.39, 0.29) is 30.1 Å². The maximum atomic E-state index is 12.9. The summed E-state index contributed by atoms with van der Waals surface area (Å²) in [5.74, 6) is 0.231. The van der Waals surface area contributed by atoms with Crippen molar-refractivity contribution in [2.24, 2.45) is 11.3 Å². The van der Waals surface area contributed by atoms with Crippen molar-refractivity contribution in [1.82, 2.24) is 9.97 Å². The smallest absolute Gasteiger partial charge is 0.248 e. The molecule has 2 aliphatic rings. The Morgan fingerprint density at radius 3 is 2.93 bits per heavy atom.